The molecule has 8 heteroatoms. The smallest absolute Gasteiger partial charge is 0.237 e. The molecule has 1 unspecified atom stereocenters. The van der Waals surface area contributed by atoms with Crippen LogP contribution in [0.25, 0.3) is 0 Å². The zero-order valence-corrected chi connectivity index (χ0v) is 20.5. The summed E-state index contributed by atoms with van der Waals surface area (Å²) in [6.07, 6.45) is 6.82. The molecule has 1 aromatic carbocycles. The number of aromatic nitrogens is 3. The van der Waals surface area contributed by atoms with E-state index in [0.29, 0.717) is 17.5 Å². The van der Waals surface area contributed by atoms with E-state index in [1.165, 1.54) is 35.9 Å². The average molecular weight is 471 g/mol. The summed E-state index contributed by atoms with van der Waals surface area (Å²) in [6, 6.07) is 10.4. The van der Waals surface area contributed by atoms with Gasteiger partial charge in [-0.1, -0.05) is 43.2 Å². The lowest BCUT2D eigenvalue weighted by molar-refractivity contribution is -0.115. The van der Waals surface area contributed by atoms with Crippen molar-refractivity contribution in [2.75, 3.05) is 12.4 Å². The minimum Gasteiger partial charge on any atom is -0.495 e. The molecule has 1 aliphatic carbocycles. The van der Waals surface area contributed by atoms with Gasteiger partial charge in [0.2, 0.25) is 5.91 Å². The van der Waals surface area contributed by atoms with Crippen LogP contribution in [-0.2, 0) is 11.2 Å². The van der Waals surface area contributed by atoms with Gasteiger partial charge in [-0.2, -0.15) is 0 Å². The van der Waals surface area contributed by atoms with Crippen molar-refractivity contribution < 1.29 is 9.53 Å². The van der Waals surface area contributed by atoms with Crippen molar-refractivity contribution in [2.45, 2.75) is 68.8 Å². The number of hydrogen-bond acceptors (Lipinski definition) is 6. The summed E-state index contributed by atoms with van der Waals surface area (Å²) in [5.41, 5.74) is 1.76. The molecule has 0 aliphatic heterocycles. The zero-order valence-electron chi connectivity index (χ0n) is 18.8. The first kappa shape index (κ1) is 22.9. The largest absolute Gasteiger partial charge is 0.495 e. The molecular weight excluding hydrogens is 440 g/mol. The average Bonchev–Trinajstić information content (AvgIpc) is 3.45. The van der Waals surface area contributed by atoms with Crippen LogP contribution in [0.15, 0.2) is 40.9 Å². The highest BCUT2D eigenvalue weighted by molar-refractivity contribution is 8.00. The molecule has 1 aliphatic rings. The van der Waals surface area contributed by atoms with Crippen LogP contribution in [0.4, 0.5) is 5.69 Å². The van der Waals surface area contributed by atoms with E-state index >= 15 is 0 Å². The number of thioether (sulfide) groups is 1. The molecule has 2 aromatic heterocycles. The van der Waals surface area contributed by atoms with Crippen LogP contribution in [0.5, 0.6) is 5.75 Å². The topological polar surface area (TPSA) is 69.0 Å². The second-order valence-corrected chi connectivity index (χ2v) is 10.6. The Hall–Kier alpha value is -2.32. The molecule has 170 valence electrons. The lowest BCUT2D eigenvalue weighted by atomic mass is 9.95. The van der Waals surface area contributed by atoms with Crippen molar-refractivity contribution in [3.05, 3.63) is 52.0 Å². The van der Waals surface area contributed by atoms with Crippen LogP contribution in [-0.4, -0.2) is 33.0 Å². The summed E-state index contributed by atoms with van der Waals surface area (Å²) in [4.78, 5) is 14.3. The molecule has 1 fully saturated rings. The molecule has 32 heavy (non-hydrogen) atoms. The highest BCUT2D eigenvalue weighted by Gasteiger charge is 2.26. The Bertz CT molecular complexity index is 1040. The minimum absolute atomic E-state index is 0.0723. The summed E-state index contributed by atoms with van der Waals surface area (Å²) >= 11 is 3.23. The van der Waals surface area contributed by atoms with Gasteiger partial charge in [0, 0.05) is 17.3 Å². The minimum atomic E-state index is -0.318. The number of carbonyl (C=O) groups is 1. The molecule has 0 saturated heterocycles. The van der Waals surface area contributed by atoms with Gasteiger partial charge in [-0.3, -0.25) is 4.79 Å². The normalized spacial score (nSPS) is 15.5. The summed E-state index contributed by atoms with van der Waals surface area (Å²) < 4.78 is 7.71. The first-order valence-corrected chi connectivity index (χ1v) is 12.9. The molecule has 3 aromatic rings. The molecule has 4 rings (SSSR count). The monoisotopic (exact) mass is 470 g/mol. The first-order valence-electron chi connectivity index (χ1n) is 11.1. The van der Waals surface area contributed by atoms with Crippen molar-refractivity contribution >= 4 is 34.7 Å². The van der Waals surface area contributed by atoms with E-state index in [1.807, 2.05) is 32.0 Å². The maximum atomic E-state index is 13.0. The number of rotatable bonds is 8. The Balaban J connectivity index is 1.53. The molecule has 0 radical (unpaired) electrons. The third kappa shape index (κ3) is 5.35. The molecule has 1 atom stereocenters. The quantitative estimate of drug-likeness (QED) is 0.417. The third-order valence-electron chi connectivity index (χ3n) is 5.85. The Labute approximate surface area is 197 Å². The fourth-order valence-corrected chi connectivity index (χ4v) is 5.79. The highest BCUT2D eigenvalue weighted by Crippen LogP contribution is 2.35. The van der Waals surface area contributed by atoms with Crippen LogP contribution in [0, 0.1) is 6.92 Å². The highest BCUT2D eigenvalue weighted by atomic mass is 32.2. The molecule has 1 saturated carbocycles. The maximum absolute atomic E-state index is 13.0. The Kier molecular flexibility index (Phi) is 7.52. The van der Waals surface area contributed by atoms with E-state index in [4.69, 9.17) is 4.74 Å². The zero-order chi connectivity index (χ0) is 22.5. The lowest BCUT2D eigenvalue weighted by Crippen LogP contribution is -2.24. The standard InChI is InChI=1S/C24H30N4O2S2/c1-16-11-12-21(30-3)20(14-16)25-23(29)17(2)32-24-27-26-22(15-19-10-7-13-31-19)28(24)18-8-5-4-6-9-18/h7,10-14,17-18H,4-6,8-9,15H2,1-3H3,(H,25,29). The van der Waals surface area contributed by atoms with E-state index in [2.05, 4.69) is 37.6 Å². The molecular formula is C24H30N4O2S2. The number of thiophene rings is 1. The summed E-state index contributed by atoms with van der Waals surface area (Å²) in [5.74, 6) is 1.58. The number of carbonyl (C=O) groups excluding carboxylic acids is 1. The van der Waals surface area contributed by atoms with Gasteiger partial charge in [-0.25, -0.2) is 0 Å². The molecule has 6 nitrogen and oxygen atoms in total. The molecule has 1 amide bonds. The SMILES string of the molecule is COc1ccc(C)cc1NC(=O)C(C)Sc1nnc(Cc2cccs2)n1C1CCCCC1. The van der Waals surface area contributed by atoms with Crippen molar-refractivity contribution in [3.63, 3.8) is 0 Å². The number of aryl methyl sites for hydroxylation is 1. The summed E-state index contributed by atoms with van der Waals surface area (Å²) in [5, 5.41) is 14.7. The summed E-state index contributed by atoms with van der Waals surface area (Å²) in [7, 11) is 1.61. The van der Waals surface area contributed by atoms with E-state index in [-0.39, 0.29) is 11.2 Å². The fourth-order valence-electron chi connectivity index (χ4n) is 4.15. The van der Waals surface area contributed by atoms with Crippen LogP contribution in [0.1, 0.15) is 61.3 Å². The molecule has 0 bridgehead atoms. The first-order chi connectivity index (χ1) is 15.5. The number of hydrogen-bond donors (Lipinski definition) is 1. The lowest BCUT2D eigenvalue weighted by Gasteiger charge is -2.26. The molecule has 1 N–H and O–H groups in total. The van der Waals surface area contributed by atoms with E-state index in [9.17, 15) is 4.79 Å². The number of ether oxygens (including phenoxy) is 1. The predicted octanol–water partition coefficient (Wildman–Crippen LogP) is 5.87. The Morgan fingerprint density at radius 3 is 2.81 bits per heavy atom. The number of amides is 1. The van der Waals surface area contributed by atoms with Gasteiger partial charge in [-0.15, -0.1) is 21.5 Å². The van der Waals surface area contributed by atoms with Crippen LogP contribution in [0.2, 0.25) is 0 Å². The number of benzene rings is 1. The second kappa shape index (κ2) is 10.5. The van der Waals surface area contributed by atoms with Gasteiger partial charge in [0.25, 0.3) is 0 Å². The van der Waals surface area contributed by atoms with Gasteiger partial charge < -0.3 is 14.6 Å². The number of anilines is 1. The van der Waals surface area contributed by atoms with Crippen LogP contribution >= 0.6 is 23.1 Å². The predicted molar refractivity (Wildman–Crippen MR) is 131 cm³/mol. The Morgan fingerprint density at radius 1 is 1.28 bits per heavy atom. The van der Waals surface area contributed by atoms with Crippen molar-refractivity contribution in [1.82, 2.24) is 14.8 Å². The number of nitrogens with zero attached hydrogens (tertiary/aromatic N) is 3. The van der Waals surface area contributed by atoms with Crippen molar-refractivity contribution in [3.8, 4) is 5.75 Å². The summed E-state index contributed by atoms with van der Waals surface area (Å²) in [6.45, 7) is 3.91. The van der Waals surface area contributed by atoms with Crippen LogP contribution < -0.4 is 10.1 Å². The van der Waals surface area contributed by atoms with Gasteiger partial charge in [0.05, 0.1) is 18.0 Å². The Morgan fingerprint density at radius 2 is 2.09 bits per heavy atom. The van der Waals surface area contributed by atoms with Crippen molar-refractivity contribution in [1.29, 1.82) is 0 Å². The van der Waals surface area contributed by atoms with Gasteiger partial charge in [-0.05, 0) is 55.8 Å². The fraction of sp³-hybridized carbons (Fsp3) is 0.458. The van der Waals surface area contributed by atoms with Crippen molar-refractivity contribution in [2.24, 2.45) is 0 Å². The van der Waals surface area contributed by atoms with E-state index < -0.39 is 0 Å². The van der Waals surface area contributed by atoms with Gasteiger partial charge >= 0.3 is 0 Å². The van der Waals surface area contributed by atoms with E-state index in [1.54, 1.807) is 18.4 Å². The third-order valence-corrected chi connectivity index (χ3v) is 7.78. The maximum Gasteiger partial charge on any atom is 0.237 e. The van der Waals surface area contributed by atoms with Gasteiger partial charge in [0.1, 0.15) is 11.6 Å². The number of methoxy groups -OCH3 is 1. The van der Waals surface area contributed by atoms with Gasteiger partial charge in [0.15, 0.2) is 5.16 Å². The molecule has 0 spiro atoms. The molecule has 2 heterocycles. The second-order valence-electron chi connectivity index (χ2n) is 8.27. The van der Waals surface area contributed by atoms with Crippen LogP contribution in [0.3, 0.4) is 0 Å². The number of nitrogens with one attached hydrogen (secondary N) is 1. The van der Waals surface area contributed by atoms with E-state index in [0.717, 1.165) is 35.8 Å².